The molecule has 1 aromatic rings. The van der Waals surface area contributed by atoms with Crippen LogP contribution in [0.5, 0.6) is 0 Å². The van der Waals surface area contributed by atoms with Gasteiger partial charge in [0.25, 0.3) is 5.56 Å². The number of aromatic amines is 1. The number of hydrogen-bond donors (Lipinski definition) is 1. The van der Waals surface area contributed by atoms with Crippen molar-refractivity contribution in [3.63, 3.8) is 0 Å². The van der Waals surface area contributed by atoms with Gasteiger partial charge in [-0.05, 0) is 12.5 Å². The highest BCUT2D eigenvalue weighted by atomic mass is 16.7. The van der Waals surface area contributed by atoms with Crippen LogP contribution in [-0.4, -0.2) is 41.1 Å². The zero-order valence-electron chi connectivity index (χ0n) is 13.5. The predicted octanol–water partition coefficient (Wildman–Crippen LogP) is 1.15. The van der Waals surface area contributed by atoms with E-state index < -0.39 is 35.8 Å². The minimum Gasteiger partial charge on any atom is -0.432 e. The summed E-state index contributed by atoms with van der Waals surface area (Å²) in [4.78, 5) is 39.7. The number of aryl methyl sites for hydroxylation is 1. The lowest BCUT2D eigenvalue weighted by atomic mass is 10.1. The normalized spacial score (nSPS) is 22.0. The molecule has 1 N–H and O–H groups in total. The number of azide groups is 1. The summed E-state index contributed by atoms with van der Waals surface area (Å²) in [6.07, 6.45) is 0.499. The van der Waals surface area contributed by atoms with Gasteiger partial charge in [-0.2, -0.15) is 0 Å². The monoisotopic (exact) mass is 351 g/mol. The Morgan fingerprint density at radius 2 is 2.36 bits per heavy atom. The van der Waals surface area contributed by atoms with Crippen LogP contribution in [0.15, 0.2) is 33.6 Å². The van der Waals surface area contributed by atoms with Gasteiger partial charge >= 0.3 is 11.8 Å². The fourth-order valence-corrected chi connectivity index (χ4v) is 2.34. The Labute approximate surface area is 141 Å². The van der Waals surface area contributed by atoms with Crippen LogP contribution in [0.4, 0.5) is 4.79 Å². The predicted molar refractivity (Wildman–Crippen MR) is 85.0 cm³/mol. The third-order valence-corrected chi connectivity index (χ3v) is 3.54. The van der Waals surface area contributed by atoms with Gasteiger partial charge in [0.15, 0.2) is 0 Å². The van der Waals surface area contributed by atoms with Crippen molar-refractivity contribution in [2.75, 3.05) is 13.2 Å². The first-order chi connectivity index (χ1) is 12.0. The summed E-state index contributed by atoms with van der Waals surface area (Å²) < 4.78 is 16.4. The lowest BCUT2D eigenvalue weighted by Gasteiger charge is -2.16. The van der Waals surface area contributed by atoms with Crippen molar-refractivity contribution >= 4 is 6.16 Å². The second kappa shape index (κ2) is 8.18. The maximum absolute atomic E-state index is 11.9. The zero-order chi connectivity index (χ0) is 18.4. The highest BCUT2D eigenvalue weighted by Crippen LogP contribution is 2.30. The molecule has 0 aliphatic carbocycles. The van der Waals surface area contributed by atoms with Crippen molar-refractivity contribution in [3.8, 4) is 0 Å². The molecular formula is C14H17N5O6. The fraction of sp³-hybridized carbons (Fsp3) is 0.500. The lowest BCUT2D eigenvalue weighted by molar-refractivity contribution is -0.0410. The van der Waals surface area contributed by atoms with Gasteiger partial charge in [-0.25, -0.2) is 9.59 Å². The fourth-order valence-electron chi connectivity index (χ4n) is 2.34. The van der Waals surface area contributed by atoms with Gasteiger partial charge in [0, 0.05) is 23.1 Å². The Bertz CT molecular complexity index is 809. The van der Waals surface area contributed by atoms with Crippen LogP contribution in [-0.2, 0) is 14.2 Å². The van der Waals surface area contributed by atoms with E-state index in [1.807, 2.05) is 0 Å². The number of rotatable bonds is 6. The SMILES string of the molecule is C=CCOC(=O)OC[C@H]1O[C@@H](n2cc(C)c(=O)[nH]c2=O)C[C@@H]1N=[N+]=[N-]. The molecule has 1 fully saturated rings. The maximum atomic E-state index is 11.9. The number of hydrogen-bond acceptors (Lipinski definition) is 7. The largest absolute Gasteiger partial charge is 0.508 e. The lowest BCUT2D eigenvalue weighted by Crippen LogP contribution is -2.33. The molecule has 11 heteroatoms. The standard InChI is InChI=1S/C14H17N5O6/c1-3-4-23-14(22)24-7-10-9(17-18-15)5-11(25-10)19-6-8(2)12(20)16-13(19)21/h3,6,9-11H,1,4-5,7H2,2H3,(H,16,20,21)/t9-,10+,11+/m0/s1. The van der Waals surface area contributed by atoms with Crippen LogP contribution in [0, 0.1) is 6.92 Å². The van der Waals surface area contributed by atoms with E-state index >= 15 is 0 Å². The zero-order valence-corrected chi connectivity index (χ0v) is 13.5. The Morgan fingerprint density at radius 1 is 1.60 bits per heavy atom. The first kappa shape index (κ1) is 18.3. The molecular weight excluding hydrogens is 334 g/mol. The Morgan fingerprint density at radius 3 is 3.04 bits per heavy atom. The van der Waals surface area contributed by atoms with Gasteiger partial charge in [0.1, 0.15) is 25.5 Å². The highest BCUT2D eigenvalue weighted by Gasteiger charge is 2.37. The van der Waals surface area contributed by atoms with Crippen LogP contribution < -0.4 is 11.2 Å². The Kier molecular flexibility index (Phi) is 5.98. The second-order valence-electron chi connectivity index (χ2n) is 5.28. The quantitative estimate of drug-likeness (QED) is 0.267. The number of carbonyl (C=O) groups is 1. The van der Waals surface area contributed by atoms with E-state index in [1.54, 1.807) is 6.92 Å². The number of H-pyrrole nitrogens is 1. The summed E-state index contributed by atoms with van der Waals surface area (Å²) >= 11 is 0. The number of ether oxygens (including phenoxy) is 3. The van der Waals surface area contributed by atoms with E-state index in [2.05, 4.69) is 26.3 Å². The maximum Gasteiger partial charge on any atom is 0.508 e. The molecule has 1 aliphatic heterocycles. The van der Waals surface area contributed by atoms with Gasteiger partial charge in [-0.3, -0.25) is 14.3 Å². The molecule has 0 amide bonds. The molecule has 11 nitrogen and oxygen atoms in total. The van der Waals surface area contributed by atoms with Crippen LogP contribution in [0.25, 0.3) is 10.4 Å². The smallest absolute Gasteiger partial charge is 0.432 e. The molecule has 134 valence electrons. The first-order valence-electron chi connectivity index (χ1n) is 7.38. The van der Waals surface area contributed by atoms with Crippen molar-refractivity contribution in [3.05, 3.63) is 55.7 Å². The van der Waals surface area contributed by atoms with E-state index in [9.17, 15) is 14.4 Å². The van der Waals surface area contributed by atoms with E-state index in [-0.39, 0.29) is 19.6 Å². The van der Waals surface area contributed by atoms with Crippen LogP contribution >= 0.6 is 0 Å². The van der Waals surface area contributed by atoms with Crippen molar-refractivity contribution in [2.45, 2.75) is 31.7 Å². The van der Waals surface area contributed by atoms with E-state index in [0.29, 0.717) is 5.56 Å². The third kappa shape index (κ3) is 4.49. The summed E-state index contributed by atoms with van der Waals surface area (Å²) in [6.45, 7) is 4.73. The van der Waals surface area contributed by atoms with Crippen molar-refractivity contribution < 1.29 is 19.0 Å². The van der Waals surface area contributed by atoms with Crippen LogP contribution in [0.3, 0.4) is 0 Å². The minimum absolute atomic E-state index is 0.00118. The highest BCUT2D eigenvalue weighted by molar-refractivity contribution is 5.59. The van der Waals surface area contributed by atoms with E-state index in [1.165, 1.54) is 16.8 Å². The van der Waals surface area contributed by atoms with Crippen molar-refractivity contribution in [1.82, 2.24) is 9.55 Å². The molecule has 0 aromatic carbocycles. The second-order valence-corrected chi connectivity index (χ2v) is 5.28. The van der Waals surface area contributed by atoms with E-state index in [4.69, 9.17) is 15.0 Å². The molecule has 0 bridgehead atoms. The summed E-state index contributed by atoms with van der Waals surface area (Å²) in [6, 6.07) is -0.652. The average Bonchev–Trinajstić information content (AvgIpc) is 2.97. The number of nitrogens with zero attached hydrogens (tertiary/aromatic N) is 4. The molecule has 0 spiro atoms. The van der Waals surface area contributed by atoms with Crippen molar-refractivity contribution in [2.24, 2.45) is 5.11 Å². The molecule has 3 atom stereocenters. The number of aromatic nitrogens is 2. The topological polar surface area (TPSA) is 148 Å². The van der Waals surface area contributed by atoms with Gasteiger partial charge in [0.05, 0.1) is 6.04 Å². The van der Waals surface area contributed by atoms with Crippen LogP contribution in [0.1, 0.15) is 18.2 Å². The first-order valence-corrected chi connectivity index (χ1v) is 7.38. The van der Waals surface area contributed by atoms with Crippen LogP contribution in [0.2, 0.25) is 0 Å². The van der Waals surface area contributed by atoms with Crippen molar-refractivity contribution in [1.29, 1.82) is 0 Å². The van der Waals surface area contributed by atoms with Gasteiger partial charge in [0.2, 0.25) is 0 Å². The number of nitrogens with one attached hydrogen (secondary N) is 1. The summed E-state index contributed by atoms with van der Waals surface area (Å²) in [5.74, 6) is 0. The summed E-state index contributed by atoms with van der Waals surface area (Å²) in [7, 11) is 0. The van der Waals surface area contributed by atoms with E-state index in [0.717, 1.165) is 0 Å². The molecule has 0 saturated carbocycles. The third-order valence-electron chi connectivity index (χ3n) is 3.54. The Hall–Kier alpha value is -3.04. The molecule has 1 aliphatic rings. The molecule has 0 unspecified atom stereocenters. The molecule has 25 heavy (non-hydrogen) atoms. The summed E-state index contributed by atoms with van der Waals surface area (Å²) in [5.41, 5.74) is 7.87. The molecule has 2 heterocycles. The molecule has 0 radical (unpaired) electrons. The minimum atomic E-state index is -0.913. The Balaban J connectivity index is 2.12. The summed E-state index contributed by atoms with van der Waals surface area (Å²) in [5, 5.41) is 3.61. The van der Waals surface area contributed by atoms with Gasteiger partial charge in [-0.15, -0.1) is 0 Å². The molecule has 1 saturated heterocycles. The van der Waals surface area contributed by atoms with Gasteiger partial charge < -0.3 is 14.2 Å². The number of carbonyl (C=O) groups excluding carboxylic acids is 1. The molecule has 1 aromatic heterocycles. The average molecular weight is 351 g/mol. The van der Waals surface area contributed by atoms with Gasteiger partial charge in [-0.1, -0.05) is 17.8 Å². The molecule has 2 rings (SSSR count).